The SMILES string of the molecule is CCCCCCCCCCCCCCCCOC(=O)c1cc(Br)cc(Br)c1. The molecular weight excluding hydrogens is 468 g/mol. The van der Waals surface area contributed by atoms with Crippen molar-refractivity contribution in [2.75, 3.05) is 6.61 Å². The summed E-state index contributed by atoms with van der Waals surface area (Å²) in [5.41, 5.74) is 0.585. The van der Waals surface area contributed by atoms with Crippen molar-refractivity contribution >= 4 is 37.8 Å². The number of carbonyl (C=O) groups is 1. The Morgan fingerprint density at radius 1 is 0.704 bits per heavy atom. The maximum Gasteiger partial charge on any atom is 0.338 e. The number of benzene rings is 1. The van der Waals surface area contributed by atoms with Crippen molar-refractivity contribution in [2.24, 2.45) is 0 Å². The van der Waals surface area contributed by atoms with E-state index in [2.05, 4.69) is 38.8 Å². The molecule has 0 spiro atoms. The maximum atomic E-state index is 12.0. The quantitative estimate of drug-likeness (QED) is 0.166. The normalized spacial score (nSPS) is 10.9. The average Bonchev–Trinajstić information content (AvgIpc) is 2.64. The second-order valence-corrected chi connectivity index (χ2v) is 9.22. The Labute approximate surface area is 183 Å². The van der Waals surface area contributed by atoms with E-state index in [4.69, 9.17) is 4.74 Å². The molecular formula is C23H36Br2O2. The molecule has 0 saturated carbocycles. The molecule has 0 amide bonds. The van der Waals surface area contributed by atoms with E-state index in [1.165, 1.54) is 77.0 Å². The van der Waals surface area contributed by atoms with Crippen LogP contribution in [0.1, 0.15) is 107 Å². The Bertz CT molecular complexity index is 497. The molecule has 1 aromatic carbocycles. The Balaban J connectivity index is 1.88. The van der Waals surface area contributed by atoms with Crippen LogP contribution in [0.3, 0.4) is 0 Å². The molecule has 1 aromatic rings. The summed E-state index contributed by atoms with van der Waals surface area (Å²) in [6.45, 7) is 2.79. The van der Waals surface area contributed by atoms with Crippen LogP contribution in [0.15, 0.2) is 27.1 Å². The van der Waals surface area contributed by atoms with Gasteiger partial charge in [0.05, 0.1) is 12.2 Å². The molecule has 1 rings (SSSR count). The molecule has 0 unspecified atom stereocenters. The van der Waals surface area contributed by atoms with Gasteiger partial charge >= 0.3 is 5.97 Å². The highest BCUT2D eigenvalue weighted by atomic mass is 79.9. The van der Waals surface area contributed by atoms with Gasteiger partial charge in [0.15, 0.2) is 0 Å². The predicted octanol–water partition coefficient (Wildman–Crippen LogP) is 8.85. The lowest BCUT2D eigenvalue weighted by molar-refractivity contribution is 0.0497. The molecule has 0 aliphatic heterocycles. The number of esters is 1. The first-order chi connectivity index (χ1) is 13.1. The number of hydrogen-bond donors (Lipinski definition) is 0. The number of hydrogen-bond acceptors (Lipinski definition) is 2. The fourth-order valence-corrected chi connectivity index (χ4v) is 4.51. The molecule has 0 aliphatic rings. The smallest absolute Gasteiger partial charge is 0.338 e. The summed E-state index contributed by atoms with van der Waals surface area (Å²) in [6.07, 6.45) is 18.6. The van der Waals surface area contributed by atoms with Gasteiger partial charge in [-0.2, -0.15) is 0 Å². The van der Waals surface area contributed by atoms with Crippen LogP contribution in [0.4, 0.5) is 0 Å². The third kappa shape index (κ3) is 13.5. The second kappa shape index (κ2) is 16.6. The van der Waals surface area contributed by atoms with E-state index >= 15 is 0 Å². The van der Waals surface area contributed by atoms with E-state index in [9.17, 15) is 4.79 Å². The van der Waals surface area contributed by atoms with Gasteiger partial charge < -0.3 is 4.74 Å². The molecule has 154 valence electrons. The molecule has 0 bridgehead atoms. The van der Waals surface area contributed by atoms with Gasteiger partial charge in [-0.05, 0) is 24.6 Å². The van der Waals surface area contributed by atoms with Gasteiger partial charge in [0.2, 0.25) is 0 Å². The highest BCUT2D eigenvalue weighted by Crippen LogP contribution is 2.20. The van der Waals surface area contributed by atoms with Gasteiger partial charge in [0.25, 0.3) is 0 Å². The van der Waals surface area contributed by atoms with Crippen LogP contribution in [0.2, 0.25) is 0 Å². The second-order valence-electron chi connectivity index (χ2n) is 7.39. The first-order valence-corrected chi connectivity index (χ1v) is 12.4. The van der Waals surface area contributed by atoms with E-state index in [-0.39, 0.29) is 5.97 Å². The Morgan fingerprint density at radius 2 is 1.11 bits per heavy atom. The van der Waals surface area contributed by atoms with Crippen LogP contribution in [0, 0.1) is 0 Å². The van der Waals surface area contributed by atoms with Crippen LogP contribution >= 0.6 is 31.9 Å². The molecule has 2 nitrogen and oxygen atoms in total. The van der Waals surface area contributed by atoms with E-state index in [1.807, 2.05) is 6.07 Å². The summed E-state index contributed by atoms with van der Waals surface area (Å²) >= 11 is 6.79. The molecule has 4 heteroatoms. The predicted molar refractivity (Wildman–Crippen MR) is 122 cm³/mol. The first-order valence-electron chi connectivity index (χ1n) is 10.8. The summed E-state index contributed by atoms with van der Waals surface area (Å²) < 4.78 is 7.12. The van der Waals surface area contributed by atoms with Gasteiger partial charge in [0, 0.05) is 8.95 Å². The van der Waals surface area contributed by atoms with Gasteiger partial charge in [-0.25, -0.2) is 4.79 Å². The average molecular weight is 504 g/mol. The minimum absolute atomic E-state index is 0.244. The van der Waals surface area contributed by atoms with Crippen molar-refractivity contribution in [3.05, 3.63) is 32.7 Å². The third-order valence-electron chi connectivity index (χ3n) is 4.83. The fourth-order valence-electron chi connectivity index (χ4n) is 3.22. The number of carbonyl (C=O) groups excluding carboxylic acids is 1. The summed E-state index contributed by atoms with van der Waals surface area (Å²) in [4.78, 5) is 12.0. The van der Waals surface area contributed by atoms with Crippen LogP contribution in [-0.4, -0.2) is 12.6 Å². The zero-order chi connectivity index (χ0) is 19.7. The van der Waals surface area contributed by atoms with Crippen LogP contribution in [0.5, 0.6) is 0 Å². The van der Waals surface area contributed by atoms with Crippen molar-refractivity contribution in [3.8, 4) is 0 Å². The number of unbranched alkanes of at least 4 members (excludes halogenated alkanes) is 13. The lowest BCUT2D eigenvalue weighted by Crippen LogP contribution is -2.06. The third-order valence-corrected chi connectivity index (χ3v) is 5.74. The van der Waals surface area contributed by atoms with E-state index in [0.29, 0.717) is 12.2 Å². The van der Waals surface area contributed by atoms with Crippen molar-refractivity contribution in [1.29, 1.82) is 0 Å². The molecule has 0 aromatic heterocycles. The summed E-state index contributed by atoms with van der Waals surface area (Å²) in [6, 6.07) is 5.49. The van der Waals surface area contributed by atoms with Gasteiger partial charge in [-0.1, -0.05) is 122 Å². The lowest BCUT2D eigenvalue weighted by Gasteiger charge is -2.06. The number of rotatable bonds is 16. The zero-order valence-electron chi connectivity index (χ0n) is 16.9. The molecule has 0 saturated heterocycles. The van der Waals surface area contributed by atoms with Crippen molar-refractivity contribution in [2.45, 2.75) is 96.8 Å². The Morgan fingerprint density at radius 3 is 1.56 bits per heavy atom. The topological polar surface area (TPSA) is 26.3 Å². The minimum Gasteiger partial charge on any atom is -0.462 e. The molecule has 0 atom stereocenters. The van der Waals surface area contributed by atoms with Gasteiger partial charge in [-0.15, -0.1) is 0 Å². The highest BCUT2D eigenvalue weighted by molar-refractivity contribution is 9.11. The Hall–Kier alpha value is -0.350. The lowest BCUT2D eigenvalue weighted by atomic mass is 10.0. The Kier molecular flexibility index (Phi) is 15.2. The van der Waals surface area contributed by atoms with Crippen molar-refractivity contribution in [1.82, 2.24) is 0 Å². The zero-order valence-corrected chi connectivity index (χ0v) is 20.1. The number of ether oxygens (including phenoxy) is 1. The van der Waals surface area contributed by atoms with Crippen LogP contribution < -0.4 is 0 Å². The van der Waals surface area contributed by atoms with Crippen molar-refractivity contribution < 1.29 is 9.53 Å². The van der Waals surface area contributed by atoms with Gasteiger partial charge in [0.1, 0.15) is 0 Å². The molecule has 0 N–H and O–H groups in total. The molecule has 0 radical (unpaired) electrons. The van der Waals surface area contributed by atoms with E-state index < -0.39 is 0 Å². The molecule has 0 aliphatic carbocycles. The molecule has 27 heavy (non-hydrogen) atoms. The fraction of sp³-hybridized carbons (Fsp3) is 0.696. The summed E-state index contributed by atoms with van der Waals surface area (Å²) in [5, 5.41) is 0. The standard InChI is InChI=1S/C23H36Br2O2/c1-2-3-4-5-6-7-8-9-10-11-12-13-14-15-16-27-23(26)20-17-21(24)19-22(25)18-20/h17-19H,2-16H2,1H3. The van der Waals surface area contributed by atoms with E-state index in [0.717, 1.165) is 21.8 Å². The number of halogens is 2. The van der Waals surface area contributed by atoms with Gasteiger partial charge in [-0.3, -0.25) is 0 Å². The van der Waals surface area contributed by atoms with E-state index in [1.54, 1.807) is 12.1 Å². The summed E-state index contributed by atoms with van der Waals surface area (Å²) in [7, 11) is 0. The minimum atomic E-state index is -0.244. The van der Waals surface area contributed by atoms with Crippen LogP contribution in [0.25, 0.3) is 0 Å². The molecule has 0 fully saturated rings. The largest absolute Gasteiger partial charge is 0.462 e. The first kappa shape index (κ1) is 24.7. The molecule has 0 heterocycles. The van der Waals surface area contributed by atoms with Crippen LogP contribution in [-0.2, 0) is 4.74 Å². The highest BCUT2D eigenvalue weighted by Gasteiger charge is 2.08. The van der Waals surface area contributed by atoms with Crippen molar-refractivity contribution in [3.63, 3.8) is 0 Å². The monoisotopic (exact) mass is 502 g/mol. The maximum absolute atomic E-state index is 12.0. The summed E-state index contributed by atoms with van der Waals surface area (Å²) in [5.74, 6) is -0.244.